The van der Waals surface area contributed by atoms with E-state index in [0.29, 0.717) is 28.1 Å². The first kappa shape index (κ1) is 30.2. The fourth-order valence-electron chi connectivity index (χ4n) is 6.00. The summed E-state index contributed by atoms with van der Waals surface area (Å²) in [4.78, 5) is 28.7. The van der Waals surface area contributed by atoms with E-state index in [1.165, 1.54) is 32.1 Å². The average Bonchev–Trinajstić information content (AvgIpc) is 2.96. The number of rotatable bonds is 7. The molecule has 1 atom stereocenters. The van der Waals surface area contributed by atoms with Gasteiger partial charge >= 0.3 is 6.03 Å². The van der Waals surface area contributed by atoms with Crippen LogP contribution in [0.15, 0.2) is 63.8 Å². The molecule has 2 aromatic carbocycles. The highest BCUT2D eigenvalue weighted by Crippen LogP contribution is 2.48. The summed E-state index contributed by atoms with van der Waals surface area (Å²) in [7, 11) is -0.868. The molecule has 0 heterocycles. The third-order valence-corrected chi connectivity index (χ3v) is 9.52. The van der Waals surface area contributed by atoms with Gasteiger partial charge < -0.3 is 10.2 Å². The van der Waals surface area contributed by atoms with Crippen molar-refractivity contribution < 1.29 is 13.8 Å². The molecule has 41 heavy (non-hydrogen) atoms. The van der Waals surface area contributed by atoms with Crippen LogP contribution in [0.2, 0.25) is 0 Å². The molecule has 0 saturated heterocycles. The molecule has 2 aromatic rings. The maximum Gasteiger partial charge on any atom is 0.322 e. The van der Waals surface area contributed by atoms with Crippen molar-refractivity contribution in [3.8, 4) is 0 Å². The quantitative estimate of drug-likeness (QED) is 0.112. The number of carbonyl (C=O) groups excluding carboxylic acids is 2. The van der Waals surface area contributed by atoms with E-state index in [4.69, 9.17) is 5.41 Å². The van der Waals surface area contributed by atoms with Crippen LogP contribution < -0.4 is 16.1 Å². The van der Waals surface area contributed by atoms with Gasteiger partial charge in [-0.15, -0.1) is 0 Å². The monoisotopic (exact) mass is 579 g/mol. The Bertz CT molecular complexity index is 1370. The molecule has 2 fully saturated rings. The minimum Gasteiger partial charge on any atom is -0.317 e. The highest BCUT2D eigenvalue weighted by Gasteiger charge is 2.38. The molecule has 2 aliphatic rings. The Morgan fingerprint density at radius 2 is 1.76 bits per heavy atom. The third-order valence-electron chi connectivity index (χ3n) is 8.27. The molecule has 0 radical (unpaired) electrons. The highest BCUT2D eigenvalue weighted by atomic mass is 32.2. The van der Waals surface area contributed by atoms with Crippen molar-refractivity contribution >= 4 is 39.0 Å². The summed E-state index contributed by atoms with van der Waals surface area (Å²) in [6.45, 7) is 0.386. The Morgan fingerprint density at radius 1 is 1.07 bits per heavy atom. The molecule has 1 spiro atoms. The molecule has 10 nitrogen and oxygen atoms in total. The summed E-state index contributed by atoms with van der Waals surface area (Å²) in [5.74, 6) is 2.93. The van der Waals surface area contributed by atoms with E-state index in [1.54, 1.807) is 49.7 Å². The van der Waals surface area contributed by atoms with Crippen LogP contribution in [0.3, 0.4) is 0 Å². The van der Waals surface area contributed by atoms with Crippen LogP contribution in [0.4, 0.5) is 10.5 Å². The molecular weight excluding hydrogens is 538 g/mol. The van der Waals surface area contributed by atoms with Crippen molar-refractivity contribution in [3.63, 3.8) is 0 Å². The normalized spacial score (nSPS) is 18.4. The zero-order valence-corrected chi connectivity index (χ0v) is 24.8. The van der Waals surface area contributed by atoms with Gasteiger partial charge in [-0.3, -0.25) is 25.2 Å². The molecule has 0 aromatic heterocycles. The topological polar surface area (TPSA) is 139 Å². The Balaban J connectivity index is 1.50. The maximum atomic E-state index is 13.7. The van der Waals surface area contributed by atoms with E-state index in [1.807, 2.05) is 17.0 Å². The molecule has 220 valence electrons. The Labute approximate surface area is 242 Å². The van der Waals surface area contributed by atoms with Gasteiger partial charge in [-0.25, -0.2) is 4.79 Å². The molecular formula is C30H41N7O3S. The van der Waals surface area contributed by atoms with Gasteiger partial charge in [0.2, 0.25) is 5.96 Å². The van der Waals surface area contributed by atoms with Gasteiger partial charge in [-0.1, -0.05) is 47.8 Å². The third kappa shape index (κ3) is 8.16. The fraction of sp³-hybridized carbons (Fsp3) is 0.467. The molecule has 4 N–H and O–H groups in total. The van der Waals surface area contributed by atoms with Crippen LogP contribution in [-0.2, 0) is 16.1 Å². The Morgan fingerprint density at radius 3 is 2.39 bits per heavy atom. The first-order chi connectivity index (χ1) is 19.6. The smallest absolute Gasteiger partial charge is 0.317 e. The van der Waals surface area contributed by atoms with Crippen LogP contribution in [0, 0.1) is 10.8 Å². The SMILES string of the molecule is C=S(C)(=O)c1cccc(NC(=O)N(Cc2ccc(C(=O)NC(=N)/N=N\NC)cc2)C2CCC3(CCCCC3)CC2)c1. The van der Waals surface area contributed by atoms with E-state index < -0.39 is 15.4 Å². The first-order valence-corrected chi connectivity index (χ1v) is 16.3. The number of amides is 3. The predicted molar refractivity (Wildman–Crippen MR) is 164 cm³/mol. The number of anilines is 1. The van der Waals surface area contributed by atoms with Crippen LogP contribution in [0.25, 0.3) is 0 Å². The molecule has 3 amide bonds. The van der Waals surface area contributed by atoms with Crippen LogP contribution >= 0.6 is 0 Å². The number of nitrogens with one attached hydrogen (secondary N) is 4. The van der Waals surface area contributed by atoms with Crippen LogP contribution in [0.5, 0.6) is 0 Å². The number of benzene rings is 2. The number of hydrogen-bond acceptors (Lipinski definition) is 5. The van der Waals surface area contributed by atoms with Crippen molar-refractivity contribution in [1.82, 2.24) is 15.6 Å². The second kappa shape index (κ2) is 13.3. The number of guanidine groups is 1. The number of hydrogen-bond donors (Lipinski definition) is 4. The van der Waals surface area contributed by atoms with E-state index in [2.05, 4.69) is 32.3 Å². The van der Waals surface area contributed by atoms with Gasteiger partial charge in [0.25, 0.3) is 5.91 Å². The van der Waals surface area contributed by atoms with Crippen molar-refractivity contribution in [2.75, 3.05) is 18.6 Å². The van der Waals surface area contributed by atoms with Crippen molar-refractivity contribution in [1.29, 1.82) is 5.41 Å². The first-order valence-electron chi connectivity index (χ1n) is 14.1. The lowest BCUT2D eigenvalue weighted by Gasteiger charge is -2.45. The maximum absolute atomic E-state index is 13.7. The van der Waals surface area contributed by atoms with Crippen LogP contribution in [-0.4, -0.2) is 52.2 Å². The minimum absolute atomic E-state index is 0.0926. The molecule has 1 unspecified atom stereocenters. The average molecular weight is 580 g/mol. The van der Waals surface area contributed by atoms with Crippen LogP contribution in [0.1, 0.15) is 73.7 Å². The lowest BCUT2D eigenvalue weighted by molar-refractivity contribution is 0.0726. The second-order valence-corrected chi connectivity index (χ2v) is 13.8. The summed E-state index contributed by atoms with van der Waals surface area (Å²) in [5.41, 5.74) is 4.70. The van der Waals surface area contributed by atoms with Gasteiger partial charge in [0, 0.05) is 42.0 Å². The van der Waals surface area contributed by atoms with Crippen molar-refractivity contribution in [2.24, 2.45) is 15.8 Å². The lowest BCUT2D eigenvalue weighted by Crippen LogP contribution is -2.46. The Kier molecular flexibility index (Phi) is 9.80. The van der Waals surface area contributed by atoms with Crippen molar-refractivity contribution in [3.05, 3.63) is 59.7 Å². The van der Waals surface area contributed by atoms with Crippen molar-refractivity contribution in [2.45, 2.75) is 75.3 Å². The molecule has 11 heteroatoms. The Hall–Kier alpha value is -3.73. The summed E-state index contributed by atoms with van der Waals surface area (Å²) in [5, 5.41) is 20.1. The largest absolute Gasteiger partial charge is 0.322 e. The molecule has 0 bridgehead atoms. The predicted octanol–water partition coefficient (Wildman–Crippen LogP) is 5.57. The molecule has 2 saturated carbocycles. The minimum atomic E-state index is -2.41. The number of carbonyl (C=O) groups is 2. The number of urea groups is 1. The number of nitrogens with zero attached hydrogens (tertiary/aromatic N) is 3. The zero-order chi connectivity index (χ0) is 29.5. The van der Waals surface area contributed by atoms with E-state index in [9.17, 15) is 13.8 Å². The van der Waals surface area contributed by atoms with E-state index in [0.717, 1.165) is 31.2 Å². The lowest BCUT2D eigenvalue weighted by atomic mass is 9.64. The molecule has 4 rings (SSSR count). The van der Waals surface area contributed by atoms with Gasteiger partial charge in [0.05, 0.1) is 0 Å². The van der Waals surface area contributed by atoms with Gasteiger partial charge in [0.1, 0.15) is 0 Å². The van der Waals surface area contributed by atoms with Gasteiger partial charge in [-0.05, 0) is 95.2 Å². The van der Waals surface area contributed by atoms with E-state index in [-0.39, 0.29) is 18.0 Å². The summed E-state index contributed by atoms with van der Waals surface area (Å²) in [6.07, 6.45) is 12.3. The van der Waals surface area contributed by atoms with E-state index >= 15 is 0 Å². The highest BCUT2D eigenvalue weighted by molar-refractivity contribution is 7.99. The second-order valence-electron chi connectivity index (χ2n) is 11.3. The molecule has 2 aliphatic carbocycles. The molecule has 0 aliphatic heterocycles. The summed E-state index contributed by atoms with van der Waals surface area (Å²) >= 11 is 0. The van der Waals surface area contributed by atoms with Gasteiger partial charge in [-0.2, -0.15) is 0 Å². The van der Waals surface area contributed by atoms with Gasteiger partial charge in [0.15, 0.2) is 0 Å². The zero-order valence-electron chi connectivity index (χ0n) is 23.9. The summed E-state index contributed by atoms with van der Waals surface area (Å²) < 4.78 is 12.5. The standard InChI is InChI=1S/C30H41N7O3S/c1-32-36-35-28(31)34-27(38)23-12-10-22(11-13-23)21-37(25-14-18-30(19-15-25)16-5-4-6-17-30)29(39)33-24-8-7-9-26(20-24)41(2,3)40/h7-13,20,25H,2,4-6,14-19,21H2,1,3H3,(H,33,39)(H3,31,32,34,35,38). The summed E-state index contributed by atoms with van der Waals surface area (Å²) in [6, 6.07) is 14.0. The fourth-order valence-corrected chi connectivity index (χ4v) is 6.74.